The van der Waals surface area contributed by atoms with Gasteiger partial charge in [-0.05, 0) is 20.3 Å². The fourth-order valence-electron chi connectivity index (χ4n) is 2.07. The van der Waals surface area contributed by atoms with Crippen LogP contribution in [0.5, 0.6) is 0 Å². The Morgan fingerprint density at radius 1 is 1.28 bits per heavy atom. The smallest absolute Gasteiger partial charge is 0.321 e. The van der Waals surface area contributed by atoms with Gasteiger partial charge in [0, 0.05) is 19.6 Å². The second-order valence-electron chi connectivity index (χ2n) is 4.76. The van der Waals surface area contributed by atoms with Gasteiger partial charge in [-0.1, -0.05) is 6.92 Å². The van der Waals surface area contributed by atoms with Crippen molar-refractivity contribution >= 4 is 11.9 Å². The van der Waals surface area contributed by atoms with Crippen molar-refractivity contribution in [1.82, 2.24) is 15.5 Å². The van der Waals surface area contributed by atoms with E-state index in [1.807, 2.05) is 25.7 Å². The zero-order chi connectivity index (χ0) is 13.5. The van der Waals surface area contributed by atoms with E-state index in [-0.39, 0.29) is 24.7 Å². The second kappa shape index (κ2) is 7.33. The number of imide groups is 1. The predicted octanol–water partition coefficient (Wildman–Crippen LogP) is 0.331. The van der Waals surface area contributed by atoms with Crippen LogP contribution in [0.4, 0.5) is 4.79 Å². The maximum Gasteiger partial charge on any atom is 0.321 e. The Morgan fingerprint density at radius 2 is 1.89 bits per heavy atom. The van der Waals surface area contributed by atoms with Gasteiger partial charge >= 0.3 is 6.03 Å². The van der Waals surface area contributed by atoms with Gasteiger partial charge in [-0.2, -0.15) is 0 Å². The van der Waals surface area contributed by atoms with Gasteiger partial charge in [0.25, 0.3) is 0 Å². The first-order chi connectivity index (χ1) is 8.51. The number of morpholine rings is 1. The van der Waals surface area contributed by atoms with E-state index < -0.39 is 6.03 Å². The number of amides is 3. The van der Waals surface area contributed by atoms with Crippen LogP contribution in [-0.2, 0) is 9.53 Å². The molecule has 6 nitrogen and oxygen atoms in total. The molecule has 0 aromatic rings. The van der Waals surface area contributed by atoms with Crippen LogP contribution in [0.25, 0.3) is 0 Å². The Bertz CT molecular complexity index is 286. The molecule has 0 aromatic heterocycles. The van der Waals surface area contributed by atoms with Crippen molar-refractivity contribution in [2.45, 2.75) is 39.4 Å². The second-order valence-corrected chi connectivity index (χ2v) is 4.76. The average molecular weight is 257 g/mol. The molecule has 0 aliphatic carbocycles. The third-order valence-electron chi connectivity index (χ3n) is 2.65. The number of nitrogens with one attached hydrogen (secondary N) is 2. The molecule has 0 radical (unpaired) electrons. The summed E-state index contributed by atoms with van der Waals surface area (Å²) in [5, 5.41) is 4.92. The third kappa shape index (κ3) is 5.46. The Kier molecular flexibility index (Phi) is 6.07. The van der Waals surface area contributed by atoms with E-state index in [2.05, 4.69) is 10.6 Å². The molecule has 18 heavy (non-hydrogen) atoms. The van der Waals surface area contributed by atoms with E-state index >= 15 is 0 Å². The van der Waals surface area contributed by atoms with Crippen LogP contribution in [0.2, 0.25) is 0 Å². The number of rotatable bonds is 4. The number of carbonyl (C=O) groups excluding carboxylic acids is 2. The standard InChI is InChI=1S/C12H23N3O3/c1-4-5-13-12(17)14-11(16)8-15-6-9(2)18-10(3)7-15/h9-10H,4-8H2,1-3H3,(H2,13,14,16,17)/t9-,10-/m0/s1. The summed E-state index contributed by atoms with van der Waals surface area (Å²) in [5.41, 5.74) is 0. The Balaban J connectivity index is 2.29. The van der Waals surface area contributed by atoms with Crippen molar-refractivity contribution in [2.75, 3.05) is 26.2 Å². The van der Waals surface area contributed by atoms with Gasteiger partial charge in [-0.25, -0.2) is 4.79 Å². The quantitative estimate of drug-likeness (QED) is 0.761. The summed E-state index contributed by atoms with van der Waals surface area (Å²) in [4.78, 5) is 24.9. The van der Waals surface area contributed by atoms with E-state index in [0.717, 1.165) is 6.42 Å². The van der Waals surface area contributed by atoms with E-state index in [1.165, 1.54) is 0 Å². The van der Waals surface area contributed by atoms with Crippen molar-refractivity contribution in [3.63, 3.8) is 0 Å². The molecule has 2 N–H and O–H groups in total. The van der Waals surface area contributed by atoms with Crippen LogP contribution in [-0.4, -0.2) is 55.2 Å². The first-order valence-electron chi connectivity index (χ1n) is 6.46. The lowest BCUT2D eigenvalue weighted by Gasteiger charge is -2.34. The normalized spacial score (nSPS) is 24.6. The summed E-state index contributed by atoms with van der Waals surface area (Å²) in [6.45, 7) is 8.16. The topological polar surface area (TPSA) is 70.7 Å². The lowest BCUT2D eigenvalue weighted by Crippen LogP contribution is -2.50. The third-order valence-corrected chi connectivity index (χ3v) is 2.65. The van der Waals surface area contributed by atoms with Gasteiger partial charge in [-0.3, -0.25) is 15.0 Å². The molecule has 6 heteroatoms. The van der Waals surface area contributed by atoms with E-state index in [1.54, 1.807) is 0 Å². The fourth-order valence-corrected chi connectivity index (χ4v) is 2.07. The molecule has 0 aromatic carbocycles. The maximum atomic E-state index is 11.6. The van der Waals surface area contributed by atoms with Crippen molar-refractivity contribution < 1.29 is 14.3 Å². The minimum atomic E-state index is -0.420. The summed E-state index contributed by atoms with van der Waals surface area (Å²) in [6, 6.07) is -0.420. The molecule has 0 bridgehead atoms. The molecule has 1 rings (SSSR count). The van der Waals surface area contributed by atoms with Gasteiger partial charge in [0.1, 0.15) is 0 Å². The average Bonchev–Trinajstić information content (AvgIpc) is 2.24. The first-order valence-corrected chi connectivity index (χ1v) is 6.46. The molecule has 1 saturated heterocycles. The summed E-state index contributed by atoms with van der Waals surface area (Å²) in [6.07, 6.45) is 1.09. The minimum Gasteiger partial charge on any atom is -0.373 e. The van der Waals surface area contributed by atoms with E-state index in [4.69, 9.17) is 4.74 Å². The molecule has 0 unspecified atom stereocenters. The van der Waals surface area contributed by atoms with Gasteiger partial charge in [0.05, 0.1) is 18.8 Å². The summed E-state index contributed by atoms with van der Waals surface area (Å²) in [7, 11) is 0. The molecule has 1 heterocycles. The van der Waals surface area contributed by atoms with Crippen LogP contribution in [0.3, 0.4) is 0 Å². The molecular weight excluding hydrogens is 234 g/mol. The van der Waals surface area contributed by atoms with E-state index in [0.29, 0.717) is 19.6 Å². The molecule has 3 amide bonds. The number of nitrogens with zero attached hydrogens (tertiary/aromatic N) is 1. The zero-order valence-corrected chi connectivity index (χ0v) is 11.4. The van der Waals surface area contributed by atoms with Crippen molar-refractivity contribution in [3.8, 4) is 0 Å². The molecule has 104 valence electrons. The molecular formula is C12H23N3O3. The van der Waals surface area contributed by atoms with E-state index in [9.17, 15) is 9.59 Å². The summed E-state index contributed by atoms with van der Waals surface area (Å²) < 4.78 is 5.58. The number of ether oxygens (including phenoxy) is 1. The highest BCUT2D eigenvalue weighted by Crippen LogP contribution is 2.09. The molecule has 1 aliphatic rings. The fraction of sp³-hybridized carbons (Fsp3) is 0.833. The van der Waals surface area contributed by atoms with Crippen molar-refractivity contribution in [2.24, 2.45) is 0 Å². The SMILES string of the molecule is CCCNC(=O)NC(=O)CN1C[C@H](C)O[C@@H](C)C1. The number of urea groups is 1. The lowest BCUT2D eigenvalue weighted by molar-refractivity contribution is -0.124. The molecule has 2 atom stereocenters. The Morgan fingerprint density at radius 3 is 2.44 bits per heavy atom. The van der Waals surface area contributed by atoms with Gasteiger partial charge in [-0.15, -0.1) is 0 Å². The lowest BCUT2D eigenvalue weighted by atomic mass is 10.2. The number of hydrogen-bond donors (Lipinski definition) is 2. The van der Waals surface area contributed by atoms with Crippen molar-refractivity contribution in [1.29, 1.82) is 0 Å². The Labute approximate surface area is 108 Å². The summed E-state index contributed by atoms with van der Waals surface area (Å²) in [5.74, 6) is -0.273. The summed E-state index contributed by atoms with van der Waals surface area (Å²) >= 11 is 0. The predicted molar refractivity (Wildman–Crippen MR) is 68.3 cm³/mol. The van der Waals surface area contributed by atoms with Gasteiger partial charge in [0.15, 0.2) is 0 Å². The molecule has 1 aliphatic heterocycles. The first kappa shape index (κ1) is 14.9. The largest absolute Gasteiger partial charge is 0.373 e. The number of hydrogen-bond acceptors (Lipinski definition) is 4. The number of carbonyl (C=O) groups is 2. The maximum absolute atomic E-state index is 11.6. The van der Waals surface area contributed by atoms with Gasteiger partial charge in [0.2, 0.25) is 5.91 Å². The van der Waals surface area contributed by atoms with Crippen LogP contribution in [0.1, 0.15) is 27.2 Å². The zero-order valence-electron chi connectivity index (χ0n) is 11.4. The molecule has 0 saturated carbocycles. The van der Waals surface area contributed by atoms with Crippen LogP contribution >= 0.6 is 0 Å². The Hall–Kier alpha value is -1.14. The highest BCUT2D eigenvalue weighted by atomic mass is 16.5. The van der Waals surface area contributed by atoms with Crippen LogP contribution in [0.15, 0.2) is 0 Å². The van der Waals surface area contributed by atoms with Crippen molar-refractivity contribution in [3.05, 3.63) is 0 Å². The van der Waals surface area contributed by atoms with Crippen LogP contribution in [0, 0.1) is 0 Å². The monoisotopic (exact) mass is 257 g/mol. The van der Waals surface area contributed by atoms with Crippen LogP contribution < -0.4 is 10.6 Å². The highest BCUT2D eigenvalue weighted by molar-refractivity contribution is 5.95. The molecule has 1 fully saturated rings. The van der Waals surface area contributed by atoms with Gasteiger partial charge < -0.3 is 10.1 Å². The highest BCUT2D eigenvalue weighted by Gasteiger charge is 2.24. The minimum absolute atomic E-state index is 0.121. The molecule has 0 spiro atoms.